The number of nitrogens with zero attached hydrogens (tertiary/aromatic N) is 2. The van der Waals surface area contributed by atoms with Gasteiger partial charge in [0.2, 0.25) is 0 Å². The maximum Gasteiger partial charge on any atom is 0.337 e. The molecule has 3 N–H and O–H groups in total. The molecule has 0 radical (unpaired) electrons. The molecular weight excluding hydrogens is 246 g/mol. The van der Waals surface area contributed by atoms with Crippen molar-refractivity contribution in [3.63, 3.8) is 0 Å². The summed E-state index contributed by atoms with van der Waals surface area (Å²) in [5.74, 6) is -1.06. The first-order chi connectivity index (χ1) is 9.11. The monoisotopic (exact) mass is 263 g/mol. The van der Waals surface area contributed by atoms with E-state index in [0.29, 0.717) is 31.8 Å². The van der Waals surface area contributed by atoms with E-state index in [2.05, 4.69) is 6.07 Å². The largest absolute Gasteiger partial charge is 0.478 e. The van der Waals surface area contributed by atoms with Crippen molar-refractivity contribution >= 4 is 17.3 Å². The minimum atomic E-state index is -1.06. The molecule has 0 aromatic heterocycles. The molecule has 0 spiro atoms. The highest BCUT2D eigenvalue weighted by Crippen LogP contribution is 2.26. The number of carbonyl (C=O) groups is 1. The van der Waals surface area contributed by atoms with Gasteiger partial charge in [-0.1, -0.05) is 6.07 Å². The van der Waals surface area contributed by atoms with E-state index in [1.54, 1.807) is 19.2 Å². The van der Waals surface area contributed by atoms with Crippen molar-refractivity contribution in [2.45, 2.75) is 6.42 Å². The average Bonchev–Trinajstić information content (AvgIpc) is 2.39. The van der Waals surface area contributed by atoms with Crippen molar-refractivity contribution in [1.29, 1.82) is 5.26 Å². The zero-order valence-corrected chi connectivity index (χ0v) is 10.8. The lowest BCUT2D eigenvalue weighted by Crippen LogP contribution is -2.29. The van der Waals surface area contributed by atoms with Crippen LogP contribution in [0.15, 0.2) is 18.2 Å². The molecule has 1 aromatic rings. The molecule has 102 valence electrons. The predicted octanol–water partition coefficient (Wildman–Crippen LogP) is 1.33. The number of benzene rings is 1. The summed E-state index contributed by atoms with van der Waals surface area (Å²) in [6.45, 7) is 1.50. The molecule has 0 atom stereocenters. The molecule has 19 heavy (non-hydrogen) atoms. The third-order valence-electron chi connectivity index (χ3n) is 2.71. The van der Waals surface area contributed by atoms with Gasteiger partial charge in [0, 0.05) is 20.2 Å². The van der Waals surface area contributed by atoms with Gasteiger partial charge in [0.1, 0.15) is 0 Å². The quantitative estimate of drug-likeness (QED) is 0.720. The van der Waals surface area contributed by atoms with E-state index in [4.69, 9.17) is 20.8 Å². The number of anilines is 2. The van der Waals surface area contributed by atoms with Gasteiger partial charge in [0.25, 0.3) is 0 Å². The number of para-hydroxylation sites is 1. The molecule has 0 saturated heterocycles. The van der Waals surface area contributed by atoms with Crippen molar-refractivity contribution in [1.82, 2.24) is 0 Å². The van der Waals surface area contributed by atoms with Crippen LogP contribution in [0.25, 0.3) is 0 Å². The number of nitrogens with two attached hydrogens (primary N) is 1. The molecule has 0 saturated carbocycles. The number of ether oxygens (including phenoxy) is 1. The lowest BCUT2D eigenvalue weighted by Gasteiger charge is -2.25. The molecule has 1 rings (SSSR count). The molecule has 6 heteroatoms. The summed E-state index contributed by atoms with van der Waals surface area (Å²) < 4.78 is 5.01. The Morgan fingerprint density at radius 1 is 1.53 bits per heavy atom. The summed E-state index contributed by atoms with van der Waals surface area (Å²) in [5.41, 5.74) is 6.78. The number of rotatable bonds is 7. The lowest BCUT2D eigenvalue weighted by atomic mass is 10.1. The van der Waals surface area contributed by atoms with Crippen molar-refractivity contribution in [2.75, 3.05) is 37.4 Å². The van der Waals surface area contributed by atoms with Crippen LogP contribution in [0.2, 0.25) is 0 Å². The smallest absolute Gasteiger partial charge is 0.337 e. The second-order valence-electron chi connectivity index (χ2n) is 3.93. The van der Waals surface area contributed by atoms with Crippen LogP contribution < -0.4 is 10.6 Å². The Morgan fingerprint density at radius 2 is 2.26 bits per heavy atom. The third-order valence-corrected chi connectivity index (χ3v) is 2.71. The van der Waals surface area contributed by atoms with E-state index >= 15 is 0 Å². The number of carboxylic acids is 1. The average molecular weight is 263 g/mol. The minimum absolute atomic E-state index is 0.0666. The van der Waals surface area contributed by atoms with Crippen LogP contribution in [-0.4, -0.2) is 37.9 Å². The fourth-order valence-corrected chi connectivity index (χ4v) is 1.75. The Balaban J connectivity index is 3.04. The van der Waals surface area contributed by atoms with Crippen LogP contribution >= 0.6 is 0 Å². The Hall–Kier alpha value is -2.26. The molecule has 0 heterocycles. The van der Waals surface area contributed by atoms with Crippen LogP contribution in [0.5, 0.6) is 0 Å². The topological polar surface area (TPSA) is 99.6 Å². The summed E-state index contributed by atoms with van der Waals surface area (Å²) in [4.78, 5) is 12.9. The van der Waals surface area contributed by atoms with Gasteiger partial charge in [-0.05, 0) is 12.1 Å². The molecule has 0 aliphatic carbocycles. The van der Waals surface area contributed by atoms with Gasteiger partial charge < -0.3 is 20.5 Å². The van der Waals surface area contributed by atoms with Crippen molar-refractivity contribution in [3.05, 3.63) is 23.8 Å². The fourth-order valence-electron chi connectivity index (χ4n) is 1.75. The summed E-state index contributed by atoms with van der Waals surface area (Å²) in [5, 5.41) is 17.7. The number of methoxy groups -OCH3 is 1. The molecule has 0 bridgehead atoms. The van der Waals surface area contributed by atoms with Crippen molar-refractivity contribution in [3.8, 4) is 6.07 Å². The Morgan fingerprint density at radius 3 is 2.84 bits per heavy atom. The second kappa shape index (κ2) is 7.24. The Bertz CT molecular complexity index is 483. The summed E-state index contributed by atoms with van der Waals surface area (Å²) >= 11 is 0. The number of hydrogen-bond acceptors (Lipinski definition) is 5. The summed E-state index contributed by atoms with van der Waals surface area (Å²) in [6.07, 6.45) is 0.334. The van der Waals surface area contributed by atoms with Gasteiger partial charge in [-0.15, -0.1) is 0 Å². The highest BCUT2D eigenvalue weighted by molar-refractivity contribution is 5.97. The second-order valence-corrected chi connectivity index (χ2v) is 3.93. The molecule has 0 unspecified atom stereocenters. The van der Waals surface area contributed by atoms with Crippen LogP contribution in [0, 0.1) is 11.3 Å². The molecule has 0 aliphatic rings. The number of carboxylic acid groups (broad SMARTS) is 1. The van der Waals surface area contributed by atoms with Crippen LogP contribution in [0.3, 0.4) is 0 Å². The first-order valence-corrected chi connectivity index (χ1v) is 5.84. The highest BCUT2D eigenvalue weighted by atomic mass is 16.5. The van der Waals surface area contributed by atoms with E-state index in [1.165, 1.54) is 6.07 Å². The van der Waals surface area contributed by atoms with Crippen LogP contribution in [0.4, 0.5) is 11.4 Å². The maximum absolute atomic E-state index is 11.0. The normalized spacial score (nSPS) is 9.89. The SMILES string of the molecule is COCCN(CCC#N)c1cccc(C(=O)O)c1N. The van der Waals surface area contributed by atoms with E-state index < -0.39 is 5.97 Å². The standard InChI is InChI=1S/C13H17N3O3/c1-19-9-8-16(7-3-6-14)11-5-2-4-10(12(11)15)13(17)18/h2,4-5H,3,7-9,15H2,1H3,(H,17,18). The van der Waals surface area contributed by atoms with Crippen LogP contribution in [-0.2, 0) is 4.74 Å². The third kappa shape index (κ3) is 3.86. The first kappa shape index (κ1) is 14.8. The number of hydrogen-bond donors (Lipinski definition) is 2. The van der Waals surface area contributed by atoms with Crippen molar-refractivity contribution < 1.29 is 14.6 Å². The van der Waals surface area contributed by atoms with Gasteiger partial charge in [-0.3, -0.25) is 0 Å². The first-order valence-electron chi connectivity index (χ1n) is 5.84. The van der Waals surface area contributed by atoms with Gasteiger partial charge in [0.15, 0.2) is 0 Å². The minimum Gasteiger partial charge on any atom is -0.478 e. The Kier molecular flexibility index (Phi) is 5.64. The zero-order valence-electron chi connectivity index (χ0n) is 10.8. The van der Waals surface area contributed by atoms with Gasteiger partial charge in [-0.2, -0.15) is 5.26 Å². The Labute approximate surface area is 112 Å². The number of nitriles is 1. The van der Waals surface area contributed by atoms with Gasteiger partial charge >= 0.3 is 5.97 Å². The highest BCUT2D eigenvalue weighted by Gasteiger charge is 2.15. The molecule has 0 amide bonds. The maximum atomic E-state index is 11.0. The number of nitrogen functional groups attached to an aromatic ring is 1. The summed E-state index contributed by atoms with van der Waals surface area (Å²) in [6, 6.07) is 6.90. The summed E-state index contributed by atoms with van der Waals surface area (Å²) in [7, 11) is 1.58. The number of aromatic carboxylic acids is 1. The lowest BCUT2D eigenvalue weighted by molar-refractivity contribution is 0.0698. The van der Waals surface area contributed by atoms with Gasteiger partial charge in [0.05, 0.1) is 36.0 Å². The van der Waals surface area contributed by atoms with E-state index in [-0.39, 0.29) is 11.3 Å². The molecular formula is C13H17N3O3. The van der Waals surface area contributed by atoms with E-state index in [9.17, 15) is 4.79 Å². The van der Waals surface area contributed by atoms with E-state index in [1.807, 2.05) is 4.90 Å². The van der Waals surface area contributed by atoms with E-state index in [0.717, 1.165) is 0 Å². The predicted molar refractivity (Wildman–Crippen MR) is 72.1 cm³/mol. The fraction of sp³-hybridized carbons (Fsp3) is 0.385. The molecule has 0 fully saturated rings. The molecule has 1 aromatic carbocycles. The molecule has 0 aliphatic heterocycles. The zero-order chi connectivity index (χ0) is 14.3. The molecule has 6 nitrogen and oxygen atoms in total. The van der Waals surface area contributed by atoms with Crippen LogP contribution in [0.1, 0.15) is 16.8 Å². The van der Waals surface area contributed by atoms with Gasteiger partial charge in [-0.25, -0.2) is 4.79 Å². The van der Waals surface area contributed by atoms with Crippen molar-refractivity contribution in [2.24, 2.45) is 0 Å².